The summed E-state index contributed by atoms with van der Waals surface area (Å²) in [5.74, 6) is 0.792. The molecule has 4 heteroatoms. The lowest BCUT2D eigenvalue weighted by molar-refractivity contribution is -0.914. The Bertz CT molecular complexity index is 607. The van der Waals surface area contributed by atoms with Gasteiger partial charge in [0.1, 0.15) is 18.1 Å². The number of piperazine rings is 1. The first-order valence-electron chi connectivity index (χ1n) is 7.72. The minimum Gasteiger partial charge on any atom is -0.497 e. The number of nitrogens with zero attached hydrogens (tertiary/aromatic N) is 1. The molecule has 0 bridgehead atoms. The molecule has 0 unspecified atom stereocenters. The van der Waals surface area contributed by atoms with Crippen molar-refractivity contribution in [3.63, 3.8) is 0 Å². The molecule has 0 aliphatic carbocycles. The number of quaternary nitrogens is 1. The van der Waals surface area contributed by atoms with E-state index >= 15 is 0 Å². The lowest BCUT2D eigenvalue weighted by atomic mass is 10.1. The van der Waals surface area contributed by atoms with Crippen molar-refractivity contribution in [3.05, 3.63) is 59.9 Å². The molecule has 0 atom stereocenters. The van der Waals surface area contributed by atoms with Gasteiger partial charge in [0.25, 0.3) is 0 Å². The van der Waals surface area contributed by atoms with Gasteiger partial charge in [-0.1, -0.05) is 18.2 Å². The van der Waals surface area contributed by atoms with Crippen LogP contribution in [0.15, 0.2) is 48.5 Å². The standard InChI is InChI=1S/C18H21FN2O/c1-22-17-8-6-16(7-9-17)21-12-10-20(11-13-21)14-15-4-2-3-5-18(15)19/h2-9H,10-14H2,1H3/p+1. The molecule has 1 heterocycles. The van der Waals surface area contributed by atoms with Gasteiger partial charge in [-0.3, -0.25) is 0 Å². The van der Waals surface area contributed by atoms with E-state index in [1.807, 2.05) is 24.3 Å². The SMILES string of the molecule is COc1ccc(N2CC[NH+](Cc3ccccc3F)CC2)cc1. The summed E-state index contributed by atoms with van der Waals surface area (Å²) in [5.41, 5.74) is 2.04. The van der Waals surface area contributed by atoms with Crippen molar-refractivity contribution in [2.24, 2.45) is 0 Å². The fourth-order valence-electron chi connectivity index (χ4n) is 2.96. The lowest BCUT2D eigenvalue weighted by Crippen LogP contribution is -3.13. The van der Waals surface area contributed by atoms with Crippen LogP contribution in [0.4, 0.5) is 10.1 Å². The van der Waals surface area contributed by atoms with Crippen molar-refractivity contribution in [3.8, 4) is 5.75 Å². The molecule has 1 aliphatic rings. The Kier molecular flexibility index (Phi) is 4.59. The molecule has 0 saturated carbocycles. The number of methoxy groups -OCH3 is 1. The summed E-state index contributed by atoms with van der Waals surface area (Å²) >= 11 is 0. The van der Waals surface area contributed by atoms with Crippen LogP contribution in [-0.4, -0.2) is 33.3 Å². The molecule has 0 radical (unpaired) electrons. The molecule has 0 spiro atoms. The first-order valence-corrected chi connectivity index (χ1v) is 7.72. The molecule has 0 amide bonds. The molecule has 2 aromatic rings. The highest BCUT2D eigenvalue weighted by Gasteiger charge is 2.21. The maximum Gasteiger partial charge on any atom is 0.132 e. The van der Waals surface area contributed by atoms with Crippen LogP contribution in [0.2, 0.25) is 0 Å². The summed E-state index contributed by atoms with van der Waals surface area (Å²) in [4.78, 5) is 3.82. The Morgan fingerprint density at radius 2 is 1.73 bits per heavy atom. The van der Waals surface area contributed by atoms with Crippen LogP contribution in [-0.2, 0) is 6.54 Å². The number of anilines is 1. The average Bonchev–Trinajstić information content (AvgIpc) is 2.58. The van der Waals surface area contributed by atoms with E-state index in [1.54, 1.807) is 19.2 Å². The number of nitrogens with one attached hydrogen (secondary N) is 1. The molecule has 22 heavy (non-hydrogen) atoms. The van der Waals surface area contributed by atoms with Crippen LogP contribution >= 0.6 is 0 Å². The molecule has 1 saturated heterocycles. The molecule has 0 aromatic heterocycles. The molecular formula is C18H22FN2O+. The second kappa shape index (κ2) is 6.79. The molecule has 1 fully saturated rings. The van der Waals surface area contributed by atoms with E-state index in [9.17, 15) is 4.39 Å². The monoisotopic (exact) mass is 301 g/mol. The predicted octanol–water partition coefficient (Wildman–Crippen LogP) is 1.74. The van der Waals surface area contributed by atoms with Gasteiger partial charge in [0.2, 0.25) is 0 Å². The zero-order chi connectivity index (χ0) is 15.4. The van der Waals surface area contributed by atoms with E-state index in [1.165, 1.54) is 10.6 Å². The molecule has 3 rings (SSSR count). The van der Waals surface area contributed by atoms with E-state index in [2.05, 4.69) is 17.0 Å². The fourth-order valence-corrected chi connectivity index (χ4v) is 2.96. The van der Waals surface area contributed by atoms with Crippen molar-refractivity contribution >= 4 is 5.69 Å². The van der Waals surface area contributed by atoms with E-state index < -0.39 is 0 Å². The second-order valence-electron chi connectivity index (χ2n) is 5.70. The highest BCUT2D eigenvalue weighted by atomic mass is 19.1. The van der Waals surface area contributed by atoms with Gasteiger partial charge in [0.15, 0.2) is 0 Å². The van der Waals surface area contributed by atoms with Crippen molar-refractivity contribution in [2.45, 2.75) is 6.54 Å². The third kappa shape index (κ3) is 3.39. The zero-order valence-electron chi connectivity index (χ0n) is 12.9. The van der Waals surface area contributed by atoms with Crippen LogP contribution in [0.5, 0.6) is 5.75 Å². The molecule has 2 aromatic carbocycles. The maximum absolute atomic E-state index is 13.7. The van der Waals surface area contributed by atoms with E-state index in [4.69, 9.17) is 4.74 Å². The van der Waals surface area contributed by atoms with Crippen molar-refractivity contribution < 1.29 is 14.0 Å². The summed E-state index contributed by atoms with van der Waals surface area (Å²) in [6.45, 7) is 4.82. The van der Waals surface area contributed by atoms with Crippen LogP contribution in [0, 0.1) is 5.82 Å². The highest BCUT2D eigenvalue weighted by molar-refractivity contribution is 5.49. The molecule has 1 aliphatic heterocycles. The molecular weight excluding hydrogens is 279 g/mol. The Morgan fingerprint density at radius 3 is 2.36 bits per heavy atom. The van der Waals surface area contributed by atoms with Crippen molar-refractivity contribution in [1.29, 1.82) is 0 Å². The Hall–Kier alpha value is -2.07. The minimum absolute atomic E-state index is 0.0902. The summed E-state index contributed by atoms with van der Waals surface area (Å²) in [6, 6.07) is 15.3. The van der Waals surface area contributed by atoms with Gasteiger partial charge in [-0.2, -0.15) is 0 Å². The Labute approximate surface area is 130 Å². The Balaban J connectivity index is 1.57. The fraction of sp³-hybridized carbons (Fsp3) is 0.333. The third-order valence-electron chi connectivity index (χ3n) is 4.31. The smallest absolute Gasteiger partial charge is 0.132 e. The number of benzene rings is 2. The van der Waals surface area contributed by atoms with E-state index in [0.717, 1.165) is 44.0 Å². The minimum atomic E-state index is -0.0902. The number of rotatable bonds is 4. The van der Waals surface area contributed by atoms with Crippen LogP contribution < -0.4 is 14.5 Å². The second-order valence-corrected chi connectivity index (χ2v) is 5.70. The van der Waals surface area contributed by atoms with E-state index in [-0.39, 0.29) is 5.82 Å². The molecule has 116 valence electrons. The van der Waals surface area contributed by atoms with Crippen molar-refractivity contribution in [1.82, 2.24) is 0 Å². The average molecular weight is 301 g/mol. The predicted molar refractivity (Wildman–Crippen MR) is 86.0 cm³/mol. The van der Waals surface area contributed by atoms with Crippen LogP contribution in [0.25, 0.3) is 0 Å². The lowest BCUT2D eigenvalue weighted by Gasteiger charge is -2.33. The normalized spacial score (nSPS) is 15.8. The first kappa shape index (κ1) is 14.9. The number of ether oxygens (including phenoxy) is 1. The molecule has 3 nitrogen and oxygen atoms in total. The van der Waals surface area contributed by atoms with Gasteiger partial charge in [0.05, 0.1) is 33.3 Å². The van der Waals surface area contributed by atoms with Crippen LogP contribution in [0.3, 0.4) is 0 Å². The van der Waals surface area contributed by atoms with E-state index in [0.29, 0.717) is 0 Å². The summed E-state index contributed by atoms with van der Waals surface area (Å²) in [6.07, 6.45) is 0. The zero-order valence-corrected chi connectivity index (χ0v) is 12.9. The van der Waals surface area contributed by atoms with Gasteiger partial charge in [-0.25, -0.2) is 4.39 Å². The molecule has 1 N–H and O–H groups in total. The maximum atomic E-state index is 13.7. The number of hydrogen-bond acceptors (Lipinski definition) is 2. The largest absolute Gasteiger partial charge is 0.497 e. The van der Waals surface area contributed by atoms with Gasteiger partial charge >= 0.3 is 0 Å². The van der Waals surface area contributed by atoms with Gasteiger partial charge in [-0.15, -0.1) is 0 Å². The van der Waals surface area contributed by atoms with Crippen molar-refractivity contribution in [2.75, 3.05) is 38.2 Å². The van der Waals surface area contributed by atoms with Gasteiger partial charge in [0, 0.05) is 11.3 Å². The summed E-state index contributed by atoms with van der Waals surface area (Å²) in [5, 5.41) is 0. The topological polar surface area (TPSA) is 16.9 Å². The first-order chi connectivity index (χ1) is 10.8. The Morgan fingerprint density at radius 1 is 1.05 bits per heavy atom. The third-order valence-corrected chi connectivity index (χ3v) is 4.31. The quantitative estimate of drug-likeness (QED) is 0.926. The van der Waals surface area contributed by atoms with Gasteiger partial charge < -0.3 is 14.5 Å². The highest BCUT2D eigenvalue weighted by Crippen LogP contribution is 2.19. The summed E-state index contributed by atoms with van der Waals surface area (Å²) in [7, 11) is 1.68. The van der Waals surface area contributed by atoms with Crippen LogP contribution in [0.1, 0.15) is 5.56 Å². The number of halogens is 1. The number of hydrogen-bond donors (Lipinski definition) is 1. The van der Waals surface area contributed by atoms with Gasteiger partial charge in [-0.05, 0) is 30.3 Å². The summed E-state index contributed by atoms with van der Waals surface area (Å²) < 4.78 is 18.9.